The number of nitrogens with zero attached hydrogens (tertiary/aromatic N) is 1. The number of ether oxygens (including phenoxy) is 1. The van der Waals surface area contributed by atoms with Gasteiger partial charge in [-0.25, -0.2) is 13.4 Å². The fraction of sp³-hybridized carbons (Fsp3) is 0.476. The lowest BCUT2D eigenvalue weighted by Crippen LogP contribution is -2.37. The summed E-state index contributed by atoms with van der Waals surface area (Å²) in [6, 6.07) is 6.24. The third-order valence-electron chi connectivity index (χ3n) is 5.05. The van der Waals surface area contributed by atoms with Crippen LogP contribution in [0.1, 0.15) is 44.7 Å². The number of esters is 1. The van der Waals surface area contributed by atoms with Gasteiger partial charge in [0.05, 0.1) is 17.0 Å². The number of sulfone groups is 1. The molecule has 2 aromatic rings. The number of amides is 1. The molecule has 7 nitrogen and oxygen atoms in total. The minimum absolute atomic E-state index is 0.0267. The van der Waals surface area contributed by atoms with Crippen molar-refractivity contribution < 1.29 is 22.7 Å². The fourth-order valence-electron chi connectivity index (χ4n) is 3.41. The monoisotopic (exact) mass is 450 g/mol. The summed E-state index contributed by atoms with van der Waals surface area (Å²) < 4.78 is 28.4. The largest absolute Gasteiger partial charge is 0.459 e. The topological polar surface area (TPSA) is 102 Å². The van der Waals surface area contributed by atoms with Crippen molar-refractivity contribution in [1.82, 2.24) is 10.3 Å². The van der Waals surface area contributed by atoms with Crippen molar-refractivity contribution in [2.75, 3.05) is 6.26 Å². The molecule has 1 amide bonds. The van der Waals surface area contributed by atoms with Crippen LogP contribution in [0, 0.1) is 5.92 Å². The Morgan fingerprint density at radius 3 is 2.53 bits per heavy atom. The molecule has 1 aromatic carbocycles. The number of nitrogens with one attached hydrogen (secondary N) is 1. The third kappa shape index (κ3) is 6.12. The van der Waals surface area contributed by atoms with Gasteiger partial charge in [0.15, 0.2) is 9.84 Å². The molecule has 0 radical (unpaired) electrons. The molecule has 1 N–H and O–H groups in total. The predicted octanol–water partition coefficient (Wildman–Crippen LogP) is 3.34. The lowest BCUT2D eigenvalue weighted by atomic mass is 10.1. The first-order valence-electron chi connectivity index (χ1n) is 9.93. The van der Waals surface area contributed by atoms with Crippen molar-refractivity contribution in [3.8, 4) is 10.6 Å². The Morgan fingerprint density at radius 1 is 1.23 bits per heavy atom. The van der Waals surface area contributed by atoms with Crippen LogP contribution in [-0.2, 0) is 30.8 Å². The third-order valence-corrected chi connectivity index (χ3v) is 7.12. The van der Waals surface area contributed by atoms with Gasteiger partial charge in [0.1, 0.15) is 11.6 Å². The van der Waals surface area contributed by atoms with Crippen molar-refractivity contribution in [1.29, 1.82) is 0 Å². The zero-order valence-corrected chi connectivity index (χ0v) is 18.7. The Balaban J connectivity index is 1.47. The summed E-state index contributed by atoms with van der Waals surface area (Å²) in [5.74, 6) is -0.288. The number of hydrogen-bond donors (Lipinski definition) is 1. The Hall–Kier alpha value is -2.26. The summed E-state index contributed by atoms with van der Waals surface area (Å²) in [5, 5.41) is 5.42. The average Bonchev–Trinajstić information content (AvgIpc) is 3.38. The molecule has 1 aromatic heterocycles. The van der Waals surface area contributed by atoms with Crippen LogP contribution in [0.15, 0.2) is 34.5 Å². The van der Waals surface area contributed by atoms with Crippen molar-refractivity contribution in [3.63, 3.8) is 0 Å². The highest BCUT2D eigenvalue weighted by Crippen LogP contribution is 2.26. The molecule has 0 spiro atoms. The van der Waals surface area contributed by atoms with E-state index in [1.165, 1.54) is 17.6 Å². The van der Waals surface area contributed by atoms with Gasteiger partial charge in [-0.05, 0) is 31.9 Å². The summed E-state index contributed by atoms with van der Waals surface area (Å²) in [4.78, 5) is 28.9. The fourth-order valence-corrected chi connectivity index (χ4v) is 4.85. The first-order chi connectivity index (χ1) is 14.2. The van der Waals surface area contributed by atoms with Crippen LogP contribution < -0.4 is 5.32 Å². The second kappa shape index (κ2) is 9.70. The van der Waals surface area contributed by atoms with E-state index < -0.39 is 9.84 Å². The van der Waals surface area contributed by atoms with Gasteiger partial charge in [-0.15, -0.1) is 11.3 Å². The Morgan fingerprint density at radius 2 is 1.90 bits per heavy atom. The Bertz CT molecular complexity index is 993. The molecule has 1 unspecified atom stereocenters. The minimum atomic E-state index is -3.24. The van der Waals surface area contributed by atoms with E-state index in [0.717, 1.165) is 36.3 Å². The lowest BCUT2D eigenvalue weighted by molar-refractivity contribution is -0.145. The molecule has 0 aliphatic heterocycles. The lowest BCUT2D eigenvalue weighted by Gasteiger charge is -2.16. The van der Waals surface area contributed by atoms with Crippen LogP contribution in [0.25, 0.3) is 10.6 Å². The van der Waals surface area contributed by atoms with Crippen molar-refractivity contribution in [2.45, 2.75) is 56.6 Å². The van der Waals surface area contributed by atoms with E-state index in [-0.39, 0.29) is 41.8 Å². The maximum absolute atomic E-state index is 12.1. The van der Waals surface area contributed by atoms with E-state index in [9.17, 15) is 18.0 Å². The van der Waals surface area contributed by atoms with Crippen molar-refractivity contribution in [3.05, 3.63) is 35.3 Å². The summed E-state index contributed by atoms with van der Waals surface area (Å²) in [5.41, 5.74) is 1.42. The molecule has 3 rings (SSSR count). The number of carbonyl (C=O) groups excluding carboxylic acids is 2. The van der Waals surface area contributed by atoms with Crippen molar-refractivity contribution in [2.24, 2.45) is 5.92 Å². The zero-order chi connectivity index (χ0) is 21.7. The van der Waals surface area contributed by atoms with E-state index in [4.69, 9.17) is 4.74 Å². The van der Waals surface area contributed by atoms with Gasteiger partial charge < -0.3 is 10.1 Å². The smallest absolute Gasteiger partial charge is 0.308 e. The molecular formula is C21H26N2O5S2. The van der Waals surface area contributed by atoms with E-state index in [2.05, 4.69) is 10.3 Å². The Kier molecular flexibility index (Phi) is 7.25. The molecule has 30 heavy (non-hydrogen) atoms. The molecule has 9 heteroatoms. The normalized spacial score (nSPS) is 15.7. The summed E-state index contributed by atoms with van der Waals surface area (Å²) >= 11 is 1.40. The molecule has 162 valence electrons. The van der Waals surface area contributed by atoms with Crippen LogP contribution >= 0.6 is 11.3 Å². The number of hydrogen-bond acceptors (Lipinski definition) is 7. The molecular weight excluding hydrogens is 424 g/mol. The maximum Gasteiger partial charge on any atom is 0.308 e. The maximum atomic E-state index is 12.1. The quantitative estimate of drug-likeness (QED) is 0.619. The number of rotatable bonds is 8. The molecule has 0 saturated heterocycles. The van der Waals surface area contributed by atoms with Crippen LogP contribution in [0.5, 0.6) is 0 Å². The summed E-state index contributed by atoms with van der Waals surface area (Å²) in [7, 11) is -3.24. The van der Waals surface area contributed by atoms with Gasteiger partial charge in [0.25, 0.3) is 0 Å². The summed E-state index contributed by atoms with van der Waals surface area (Å²) in [6.45, 7) is 1.86. The number of benzene rings is 1. The van der Waals surface area contributed by atoms with Gasteiger partial charge >= 0.3 is 5.97 Å². The molecule has 1 aliphatic rings. The SMILES string of the molecule is CC(CC(=O)OCc1csc(-c2ccc(S(C)(=O)=O)cc2)n1)NC(=O)C1CCCC1. The number of carbonyl (C=O) groups is 2. The standard InChI is InChI=1S/C21H26N2O5S2/c1-14(22-20(25)15-5-3-4-6-15)11-19(24)28-12-17-13-29-21(23-17)16-7-9-18(10-8-16)30(2,26)27/h7-10,13-15H,3-6,11-12H2,1-2H3,(H,22,25). The van der Waals surface area contributed by atoms with Gasteiger partial charge in [-0.1, -0.05) is 25.0 Å². The first-order valence-corrected chi connectivity index (χ1v) is 12.7. The highest BCUT2D eigenvalue weighted by Gasteiger charge is 2.24. The highest BCUT2D eigenvalue weighted by atomic mass is 32.2. The minimum Gasteiger partial charge on any atom is -0.459 e. The Labute approximate surface area is 180 Å². The van der Waals surface area contributed by atoms with Crippen LogP contribution in [0.4, 0.5) is 0 Å². The molecule has 0 bridgehead atoms. The van der Waals surface area contributed by atoms with E-state index in [1.54, 1.807) is 36.6 Å². The second-order valence-corrected chi connectivity index (χ2v) is 10.6. The number of aromatic nitrogens is 1. The molecule has 1 atom stereocenters. The van der Waals surface area contributed by atoms with Crippen LogP contribution in [-0.4, -0.2) is 37.6 Å². The average molecular weight is 451 g/mol. The van der Waals surface area contributed by atoms with Crippen LogP contribution in [0.3, 0.4) is 0 Å². The molecule has 1 heterocycles. The second-order valence-electron chi connectivity index (χ2n) is 7.70. The van der Waals surface area contributed by atoms with E-state index in [1.807, 2.05) is 0 Å². The number of thiazole rings is 1. The van der Waals surface area contributed by atoms with Gasteiger partial charge in [-0.3, -0.25) is 9.59 Å². The molecule has 1 fully saturated rings. The van der Waals surface area contributed by atoms with E-state index in [0.29, 0.717) is 5.69 Å². The molecule has 1 saturated carbocycles. The van der Waals surface area contributed by atoms with E-state index >= 15 is 0 Å². The van der Waals surface area contributed by atoms with Gasteiger partial charge in [-0.2, -0.15) is 0 Å². The highest BCUT2D eigenvalue weighted by molar-refractivity contribution is 7.90. The van der Waals surface area contributed by atoms with Gasteiger partial charge in [0, 0.05) is 29.2 Å². The van der Waals surface area contributed by atoms with Crippen LogP contribution in [0.2, 0.25) is 0 Å². The summed E-state index contributed by atoms with van der Waals surface area (Å²) in [6.07, 6.45) is 5.30. The zero-order valence-electron chi connectivity index (χ0n) is 17.1. The van der Waals surface area contributed by atoms with Gasteiger partial charge in [0.2, 0.25) is 5.91 Å². The van der Waals surface area contributed by atoms with Crippen molar-refractivity contribution >= 4 is 33.1 Å². The predicted molar refractivity (Wildman–Crippen MR) is 115 cm³/mol. The molecule has 1 aliphatic carbocycles. The first kappa shape index (κ1) is 22.4.